The second-order valence-electron chi connectivity index (χ2n) is 10.9. The van der Waals surface area contributed by atoms with Gasteiger partial charge < -0.3 is 19.5 Å². The van der Waals surface area contributed by atoms with Gasteiger partial charge in [0.2, 0.25) is 0 Å². The van der Waals surface area contributed by atoms with E-state index in [1.165, 1.54) is 0 Å². The lowest BCUT2D eigenvalue weighted by Gasteiger charge is -2.30. The summed E-state index contributed by atoms with van der Waals surface area (Å²) in [6.45, 7) is 8.38. The number of carbonyl (C=O) groups excluding carboxylic acids is 2. The Bertz CT molecular complexity index is 1200. The smallest absolute Gasteiger partial charge is 0.410 e. The Hall–Kier alpha value is -3.84. The van der Waals surface area contributed by atoms with Crippen LogP contribution in [0.2, 0.25) is 0 Å². The minimum Gasteiger partial charge on any atom is -0.445 e. The van der Waals surface area contributed by atoms with Crippen LogP contribution in [0.1, 0.15) is 50.4 Å². The molecule has 7 heteroatoms. The number of amides is 2. The summed E-state index contributed by atoms with van der Waals surface area (Å²) in [5.41, 5.74) is 2.19. The number of nitrogens with one attached hydrogen (secondary N) is 1. The molecule has 3 aromatic rings. The van der Waals surface area contributed by atoms with Crippen LogP contribution >= 0.6 is 0 Å². The summed E-state index contributed by atoms with van der Waals surface area (Å²) in [5, 5.41) is 3.08. The molecule has 0 unspecified atom stereocenters. The highest BCUT2D eigenvalue weighted by Gasteiger charge is 2.51. The summed E-state index contributed by atoms with van der Waals surface area (Å²) in [6, 6.07) is 28.0. The molecule has 0 aliphatic carbocycles. The molecule has 4 atom stereocenters. The molecular weight excluding hydrogens is 492 g/mol. The summed E-state index contributed by atoms with van der Waals surface area (Å²) in [5.74, 6) is -0.212. The Morgan fingerprint density at radius 3 is 1.92 bits per heavy atom. The van der Waals surface area contributed by atoms with E-state index in [1.807, 2.05) is 119 Å². The van der Waals surface area contributed by atoms with Crippen LogP contribution in [0.3, 0.4) is 0 Å². The Labute approximate surface area is 231 Å². The normalized spacial score (nSPS) is 20.9. The maximum atomic E-state index is 13.6. The Balaban J connectivity index is 1.61. The van der Waals surface area contributed by atoms with E-state index in [4.69, 9.17) is 14.2 Å². The molecule has 7 nitrogen and oxygen atoms in total. The van der Waals surface area contributed by atoms with Gasteiger partial charge in [0, 0.05) is 12.0 Å². The molecule has 4 rings (SSSR count). The lowest BCUT2D eigenvalue weighted by molar-refractivity contribution is 0.0424. The topological polar surface area (TPSA) is 77.1 Å². The molecule has 1 aliphatic heterocycles. The number of hydrogen-bond acceptors (Lipinski definition) is 5. The third kappa shape index (κ3) is 7.60. The zero-order valence-corrected chi connectivity index (χ0v) is 23.1. The molecule has 1 aliphatic rings. The van der Waals surface area contributed by atoms with Crippen LogP contribution in [0.25, 0.3) is 0 Å². The van der Waals surface area contributed by atoms with Gasteiger partial charge in [-0.2, -0.15) is 0 Å². The van der Waals surface area contributed by atoms with Gasteiger partial charge in [0.25, 0.3) is 0 Å². The van der Waals surface area contributed by atoms with Gasteiger partial charge in [0.15, 0.2) is 0 Å². The second-order valence-corrected chi connectivity index (χ2v) is 10.9. The molecule has 1 fully saturated rings. The highest BCUT2D eigenvalue weighted by atomic mass is 16.6. The SMILES string of the molecule is C[C@H]1[C@H](COCc2ccccc2)[C@@H](NC(=O)OC(C)(C)C)[C@H](c2ccccc2)N1C(=O)OCc1ccccc1. The molecule has 0 spiro atoms. The number of nitrogens with zero attached hydrogens (tertiary/aromatic N) is 1. The third-order valence-electron chi connectivity index (χ3n) is 6.82. The predicted molar refractivity (Wildman–Crippen MR) is 150 cm³/mol. The van der Waals surface area contributed by atoms with E-state index in [0.717, 1.165) is 16.7 Å². The molecule has 1 saturated heterocycles. The molecule has 1 heterocycles. The first-order valence-corrected chi connectivity index (χ1v) is 13.4. The Morgan fingerprint density at radius 2 is 1.36 bits per heavy atom. The number of hydrogen-bond donors (Lipinski definition) is 1. The van der Waals surface area contributed by atoms with Crippen molar-refractivity contribution in [2.24, 2.45) is 5.92 Å². The van der Waals surface area contributed by atoms with Gasteiger partial charge in [0.05, 0.1) is 25.3 Å². The molecule has 0 aromatic heterocycles. The molecule has 0 saturated carbocycles. The van der Waals surface area contributed by atoms with Gasteiger partial charge >= 0.3 is 12.2 Å². The average Bonchev–Trinajstić information content (AvgIpc) is 3.18. The summed E-state index contributed by atoms with van der Waals surface area (Å²) in [7, 11) is 0. The van der Waals surface area contributed by atoms with E-state index in [-0.39, 0.29) is 18.6 Å². The molecule has 0 bridgehead atoms. The number of benzene rings is 3. The van der Waals surface area contributed by atoms with E-state index in [0.29, 0.717) is 13.2 Å². The van der Waals surface area contributed by atoms with Gasteiger partial charge in [-0.3, -0.25) is 4.90 Å². The number of alkyl carbamates (subject to hydrolysis) is 1. The van der Waals surface area contributed by atoms with Crippen LogP contribution in [-0.4, -0.2) is 41.4 Å². The standard InChI is InChI=1S/C32H38N2O5/c1-23-27(22-37-20-24-14-8-5-9-15-24)28(33-30(35)39-32(2,3)4)29(26-18-12-7-13-19-26)34(23)31(36)38-21-25-16-10-6-11-17-25/h5-19,23,27-29H,20-22H2,1-4H3,(H,33,35)/t23-,27-,28+,29-/m0/s1. The van der Waals surface area contributed by atoms with Crippen LogP contribution in [0.5, 0.6) is 0 Å². The Morgan fingerprint density at radius 1 is 0.821 bits per heavy atom. The lowest BCUT2D eigenvalue weighted by Crippen LogP contribution is -2.46. The van der Waals surface area contributed by atoms with Gasteiger partial charge in [-0.1, -0.05) is 91.0 Å². The van der Waals surface area contributed by atoms with E-state index in [9.17, 15) is 9.59 Å². The van der Waals surface area contributed by atoms with Crippen molar-refractivity contribution >= 4 is 12.2 Å². The monoisotopic (exact) mass is 530 g/mol. The van der Waals surface area contributed by atoms with E-state index in [2.05, 4.69) is 5.32 Å². The number of carbonyl (C=O) groups is 2. The zero-order chi connectivity index (χ0) is 27.8. The first-order chi connectivity index (χ1) is 18.7. The van der Waals surface area contributed by atoms with Gasteiger partial charge in [-0.15, -0.1) is 0 Å². The third-order valence-corrected chi connectivity index (χ3v) is 6.82. The maximum Gasteiger partial charge on any atom is 0.410 e. The summed E-state index contributed by atoms with van der Waals surface area (Å²) < 4.78 is 17.6. The van der Waals surface area contributed by atoms with E-state index in [1.54, 1.807) is 4.90 Å². The largest absolute Gasteiger partial charge is 0.445 e. The van der Waals surface area contributed by atoms with Crippen LogP contribution in [0, 0.1) is 5.92 Å². The van der Waals surface area contributed by atoms with Crippen molar-refractivity contribution in [3.8, 4) is 0 Å². The zero-order valence-electron chi connectivity index (χ0n) is 23.1. The van der Waals surface area contributed by atoms with Crippen molar-refractivity contribution < 1.29 is 23.8 Å². The highest BCUT2D eigenvalue weighted by molar-refractivity contribution is 5.72. The fraction of sp³-hybridized carbons (Fsp3) is 0.375. The minimum absolute atomic E-state index is 0.156. The van der Waals surface area contributed by atoms with Crippen LogP contribution < -0.4 is 5.32 Å². The molecule has 206 valence electrons. The van der Waals surface area contributed by atoms with Crippen molar-refractivity contribution in [1.29, 1.82) is 0 Å². The maximum absolute atomic E-state index is 13.6. The van der Waals surface area contributed by atoms with Gasteiger partial charge in [-0.05, 0) is 44.4 Å². The van der Waals surface area contributed by atoms with E-state index >= 15 is 0 Å². The van der Waals surface area contributed by atoms with Crippen LogP contribution in [-0.2, 0) is 27.4 Å². The van der Waals surface area contributed by atoms with Gasteiger partial charge in [-0.25, -0.2) is 9.59 Å². The van der Waals surface area contributed by atoms with Crippen LogP contribution in [0.4, 0.5) is 9.59 Å². The summed E-state index contributed by atoms with van der Waals surface area (Å²) in [6.07, 6.45) is -0.977. The molecule has 3 aromatic carbocycles. The van der Waals surface area contributed by atoms with Crippen LogP contribution in [0.15, 0.2) is 91.0 Å². The number of likely N-dealkylation sites (tertiary alicyclic amines) is 1. The summed E-state index contributed by atoms with van der Waals surface area (Å²) in [4.78, 5) is 28.4. The lowest BCUT2D eigenvalue weighted by atomic mass is 9.92. The highest BCUT2D eigenvalue weighted by Crippen LogP contribution is 2.41. The molecule has 1 N–H and O–H groups in total. The van der Waals surface area contributed by atoms with Gasteiger partial charge in [0.1, 0.15) is 12.2 Å². The first kappa shape index (κ1) is 28.2. The quantitative estimate of drug-likeness (QED) is 0.360. The average molecular weight is 531 g/mol. The molecule has 2 amide bonds. The van der Waals surface area contributed by atoms with Crippen molar-refractivity contribution in [3.05, 3.63) is 108 Å². The summed E-state index contributed by atoms with van der Waals surface area (Å²) >= 11 is 0. The molecule has 39 heavy (non-hydrogen) atoms. The molecule has 0 radical (unpaired) electrons. The van der Waals surface area contributed by atoms with Crippen molar-refractivity contribution in [3.63, 3.8) is 0 Å². The number of ether oxygens (including phenoxy) is 3. The fourth-order valence-electron chi connectivity index (χ4n) is 5.02. The first-order valence-electron chi connectivity index (χ1n) is 13.4. The number of rotatable bonds is 8. The van der Waals surface area contributed by atoms with E-state index < -0.39 is 29.9 Å². The fourth-order valence-corrected chi connectivity index (χ4v) is 5.02. The predicted octanol–water partition coefficient (Wildman–Crippen LogP) is 6.49. The van der Waals surface area contributed by atoms with Crippen molar-refractivity contribution in [2.75, 3.05) is 6.61 Å². The van der Waals surface area contributed by atoms with Crippen molar-refractivity contribution in [2.45, 2.75) is 64.6 Å². The second kappa shape index (κ2) is 12.8. The molecular formula is C32H38N2O5. The minimum atomic E-state index is -0.663. The van der Waals surface area contributed by atoms with Crippen molar-refractivity contribution in [1.82, 2.24) is 10.2 Å². The Kier molecular flexibility index (Phi) is 9.25.